The molecule has 0 aliphatic rings. The van der Waals surface area contributed by atoms with Gasteiger partial charge in [0, 0.05) is 39.4 Å². The van der Waals surface area contributed by atoms with Crippen molar-refractivity contribution in [1.29, 1.82) is 0 Å². The average molecular weight is 626 g/mol. The molecule has 0 saturated carbocycles. The Morgan fingerprint density at radius 1 is 0.458 bits per heavy atom. The van der Waals surface area contributed by atoms with Gasteiger partial charge in [-0.25, -0.2) is 15.0 Å². The molecule has 9 rings (SSSR count). The lowest BCUT2D eigenvalue weighted by molar-refractivity contribution is 0.619. The van der Waals surface area contributed by atoms with Crippen molar-refractivity contribution >= 4 is 56.0 Å². The van der Waals surface area contributed by atoms with Crippen LogP contribution >= 0.6 is 0 Å². The number of aryl methyl sites for hydroxylation is 1. The highest BCUT2D eigenvalue weighted by Crippen LogP contribution is 2.38. The molecule has 2 N–H and O–H groups in total. The average Bonchev–Trinajstić information content (AvgIpc) is 3.86. The minimum absolute atomic E-state index is 0.536. The molecule has 8 nitrogen and oxygen atoms in total. The molecule has 0 aliphatic carbocycles. The summed E-state index contributed by atoms with van der Waals surface area (Å²) in [4.78, 5) is 16.2. The molecule has 48 heavy (non-hydrogen) atoms. The highest BCUT2D eigenvalue weighted by molar-refractivity contribution is 5.83. The van der Waals surface area contributed by atoms with Crippen LogP contribution in [0.5, 0.6) is 0 Å². The van der Waals surface area contributed by atoms with Gasteiger partial charge in [0.25, 0.3) is 0 Å². The molecule has 3 aromatic heterocycles. The zero-order valence-corrected chi connectivity index (χ0v) is 25.8. The zero-order valence-electron chi connectivity index (χ0n) is 25.8. The Bertz CT molecular complexity index is 2420. The molecule has 0 unspecified atom stereocenters. The standard InChI is InChI=1S/C40H27N5O3/c1-24-6-20-36-33(22-24)43-39(47-36)26-9-16-30(17-10-26)45(29-14-7-25(8-15-29)38-42-32-4-2-3-5-35(32)46-38)31-18-11-27(12-19-31)40-44-34-23-28(41)13-21-37(34)48-40/h2-23H,41H2,1H3. The van der Waals surface area contributed by atoms with E-state index < -0.39 is 0 Å². The van der Waals surface area contributed by atoms with E-state index in [0.717, 1.165) is 67.0 Å². The highest BCUT2D eigenvalue weighted by atomic mass is 16.4. The fourth-order valence-corrected chi connectivity index (χ4v) is 5.93. The highest BCUT2D eigenvalue weighted by Gasteiger charge is 2.17. The quantitative estimate of drug-likeness (QED) is 0.182. The number of hydrogen-bond donors (Lipinski definition) is 1. The van der Waals surface area contributed by atoms with Gasteiger partial charge in [0.15, 0.2) is 16.7 Å². The number of nitrogens with zero attached hydrogens (tertiary/aromatic N) is 4. The summed E-state index contributed by atoms with van der Waals surface area (Å²) in [7, 11) is 0. The van der Waals surface area contributed by atoms with Crippen molar-refractivity contribution in [3.63, 3.8) is 0 Å². The van der Waals surface area contributed by atoms with Crippen LogP contribution in [0.4, 0.5) is 22.7 Å². The Kier molecular flexibility index (Phi) is 6.33. The second-order valence-electron chi connectivity index (χ2n) is 11.7. The van der Waals surface area contributed by atoms with Crippen LogP contribution in [0.15, 0.2) is 147 Å². The molecule has 0 amide bonds. The van der Waals surface area contributed by atoms with E-state index in [2.05, 4.69) is 51.3 Å². The van der Waals surface area contributed by atoms with Crippen LogP contribution in [-0.2, 0) is 0 Å². The molecule has 0 radical (unpaired) electrons. The van der Waals surface area contributed by atoms with Crippen LogP contribution in [0, 0.1) is 6.92 Å². The molecule has 0 atom stereocenters. The van der Waals surface area contributed by atoms with Crippen molar-refractivity contribution in [3.8, 4) is 34.4 Å². The van der Waals surface area contributed by atoms with E-state index in [9.17, 15) is 0 Å². The van der Waals surface area contributed by atoms with Gasteiger partial charge in [-0.2, -0.15) is 0 Å². The molecule has 8 heteroatoms. The number of hydrogen-bond acceptors (Lipinski definition) is 8. The third-order valence-electron chi connectivity index (χ3n) is 8.37. The number of benzene rings is 6. The van der Waals surface area contributed by atoms with Gasteiger partial charge in [-0.05, 0) is 128 Å². The SMILES string of the molecule is Cc1ccc2oc(-c3ccc(N(c4ccc(-c5nc6ccccc6o5)cc4)c4ccc(-c5nc6cc(N)ccc6o5)cc4)cc3)nc2c1. The topological polar surface area (TPSA) is 107 Å². The molecule has 230 valence electrons. The summed E-state index contributed by atoms with van der Waals surface area (Å²) in [6, 6.07) is 43.8. The lowest BCUT2D eigenvalue weighted by Crippen LogP contribution is -2.09. The first-order chi connectivity index (χ1) is 23.5. The predicted molar refractivity (Wildman–Crippen MR) is 189 cm³/mol. The maximum absolute atomic E-state index is 6.08. The Balaban J connectivity index is 1.09. The molecule has 0 fully saturated rings. The Morgan fingerprint density at radius 2 is 0.896 bits per heavy atom. The summed E-state index contributed by atoms with van der Waals surface area (Å²) in [6.45, 7) is 2.05. The molecule has 6 aromatic carbocycles. The van der Waals surface area contributed by atoms with E-state index in [0.29, 0.717) is 28.9 Å². The van der Waals surface area contributed by atoms with Crippen LogP contribution < -0.4 is 10.6 Å². The molecule has 0 saturated heterocycles. The number of aromatic nitrogens is 3. The molecule has 0 aliphatic heterocycles. The van der Waals surface area contributed by atoms with Crippen molar-refractivity contribution in [1.82, 2.24) is 15.0 Å². The van der Waals surface area contributed by atoms with Gasteiger partial charge in [-0.3, -0.25) is 0 Å². The third-order valence-corrected chi connectivity index (χ3v) is 8.37. The second kappa shape index (κ2) is 11.0. The van der Waals surface area contributed by atoms with E-state index in [1.807, 2.05) is 104 Å². The van der Waals surface area contributed by atoms with Gasteiger partial charge < -0.3 is 23.9 Å². The van der Waals surface area contributed by atoms with Crippen molar-refractivity contribution in [2.75, 3.05) is 10.6 Å². The predicted octanol–water partition coefficient (Wildman–Crippen LogP) is 10.5. The van der Waals surface area contributed by atoms with Crippen molar-refractivity contribution in [3.05, 3.63) is 139 Å². The minimum Gasteiger partial charge on any atom is -0.436 e. The van der Waals surface area contributed by atoms with Crippen LogP contribution in [0.25, 0.3) is 67.7 Å². The molecular weight excluding hydrogens is 598 g/mol. The maximum atomic E-state index is 6.08. The van der Waals surface area contributed by atoms with E-state index >= 15 is 0 Å². The van der Waals surface area contributed by atoms with Gasteiger partial charge in [0.1, 0.15) is 16.6 Å². The van der Waals surface area contributed by atoms with Crippen molar-refractivity contribution in [2.24, 2.45) is 0 Å². The van der Waals surface area contributed by atoms with E-state index in [1.54, 1.807) is 0 Å². The summed E-state index contributed by atoms with van der Waals surface area (Å²) < 4.78 is 18.1. The minimum atomic E-state index is 0.536. The van der Waals surface area contributed by atoms with Gasteiger partial charge in [-0.15, -0.1) is 0 Å². The molecule has 0 spiro atoms. The Morgan fingerprint density at radius 3 is 1.42 bits per heavy atom. The summed E-state index contributed by atoms with van der Waals surface area (Å²) in [5, 5.41) is 0. The third kappa shape index (κ3) is 4.92. The van der Waals surface area contributed by atoms with Crippen LogP contribution in [0.1, 0.15) is 5.56 Å². The number of rotatable bonds is 6. The number of para-hydroxylation sites is 2. The fourth-order valence-electron chi connectivity index (χ4n) is 5.93. The van der Waals surface area contributed by atoms with Gasteiger partial charge in [0.05, 0.1) is 0 Å². The molecular formula is C40H27N5O3. The normalized spacial score (nSPS) is 11.5. The number of oxazole rings is 3. The molecule has 3 heterocycles. The lowest BCUT2D eigenvalue weighted by atomic mass is 10.1. The second-order valence-corrected chi connectivity index (χ2v) is 11.7. The maximum Gasteiger partial charge on any atom is 0.227 e. The van der Waals surface area contributed by atoms with Gasteiger partial charge in [0.2, 0.25) is 17.7 Å². The first-order valence-corrected chi connectivity index (χ1v) is 15.5. The largest absolute Gasteiger partial charge is 0.436 e. The van der Waals surface area contributed by atoms with Crippen LogP contribution in [0.3, 0.4) is 0 Å². The number of nitrogens with two attached hydrogens (primary N) is 1. The summed E-state index contributed by atoms with van der Waals surface area (Å²) in [5.41, 5.74) is 17.9. The lowest BCUT2D eigenvalue weighted by Gasteiger charge is -2.26. The van der Waals surface area contributed by atoms with Crippen molar-refractivity contribution in [2.45, 2.75) is 6.92 Å². The van der Waals surface area contributed by atoms with Crippen LogP contribution in [0.2, 0.25) is 0 Å². The Hall–Kier alpha value is -6.67. The van der Waals surface area contributed by atoms with Crippen LogP contribution in [-0.4, -0.2) is 15.0 Å². The number of anilines is 4. The van der Waals surface area contributed by atoms with E-state index in [-0.39, 0.29) is 0 Å². The number of fused-ring (bicyclic) bond motifs is 3. The monoisotopic (exact) mass is 625 g/mol. The van der Waals surface area contributed by atoms with E-state index in [4.69, 9.17) is 24.0 Å². The summed E-state index contributed by atoms with van der Waals surface area (Å²) in [6.07, 6.45) is 0. The van der Waals surface area contributed by atoms with Gasteiger partial charge in [-0.1, -0.05) is 18.2 Å². The summed E-state index contributed by atoms with van der Waals surface area (Å²) in [5.74, 6) is 1.70. The summed E-state index contributed by atoms with van der Waals surface area (Å²) >= 11 is 0. The number of nitrogen functional groups attached to an aromatic ring is 1. The first kappa shape index (κ1) is 27.6. The molecule has 0 bridgehead atoms. The Labute approximate surface area is 274 Å². The van der Waals surface area contributed by atoms with Gasteiger partial charge >= 0.3 is 0 Å². The molecule has 9 aromatic rings. The van der Waals surface area contributed by atoms with Crippen molar-refractivity contribution < 1.29 is 13.3 Å². The smallest absolute Gasteiger partial charge is 0.227 e. The van der Waals surface area contributed by atoms with E-state index in [1.165, 1.54) is 0 Å². The first-order valence-electron chi connectivity index (χ1n) is 15.5. The zero-order chi connectivity index (χ0) is 32.2. The fraction of sp³-hybridized carbons (Fsp3) is 0.0250.